The summed E-state index contributed by atoms with van der Waals surface area (Å²) in [5.74, 6) is 1.20. The number of carbonyl (C=O) groups excluding carboxylic acids is 2. The van der Waals surface area contributed by atoms with E-state index in [1.54, 1.807) is 18.1 Å². The topological polar surface area (TPSA) is 107 Å². The molecule has 3 aromatic rings. The van der Waals surface area contributed by atoms with Gasteiger partial charge in [-0.05, 0) is 48.9 Å². The molecule has 1 N–H and O–H groups in total. The van der Waals surface area contributed by atoms with E-state index < -0.39 is 0 Å². The second-order valence-corrected chi connectivity index (χ2v) is 7.35. The van der Waals surface area contributed by atoms with E-state index in [4.69, 9.17) is 13.9 Å². The molecule has 0 spiro atoms. The fourth-order valence-electron chi connectivity index (χ4n) is 3.59. The summed E-state index contributed by atoms with van der Waals surface area (Å²) < 4.78 is 16.2. The number of aromatic nitrogens is 2. The van der Waals surface area contributed by atoms with Crippen molar-refractivity contribution >= 4 is 23.5 Å². The molecular formula is C23H24N4O5. The number of carbonyl (C=O) groups is 2. The van der Waals surface area contributed by atoms with Gasteiger partial charge in [0.1, 0.15) is 11.5 Å². The molecule has 4 rings (SSSR count). The van der Waals surface area contributed by atoms with Gasteiger partial charge in [0.15, 0.2) is 0 Å². The van der Waals surface area contributed by atoms with Gasteiger partial charge in [-0.15, -0.1) is 5.10 Å². The zero-order valence-electron chi connectivity index (χ0n) is 17.9. The first-order valence-electron chi connectivity index (χ1n) is 10.3. The number of hydrogen-bond donors (Lipinski definition) is 1. The fourth-order valence-corrected chi connectivity index (χ4v) is 3.59. The number of nitrogens with one attached hydrogen (secondary N) is 1. The molecule has 1 aromatic heterocycles. The Morgan fingerprint density at radius 3 is 2.75 bits per heavy atom. The lowest BCUT2D eigenvalue weighted by Crippen LogP contribution is -2.24. The lowest BCUT2D eigenvalue weighted by atomic mass is 10.1. The lowest BCUT2D eigenvalue weighted by Gasteiger charge is -2.16. The maximum Gasteiger partial charge on any atom is 0.322 e. The normalized spacial score (nSPS) is 15.6. The van der Waals surface area contributed by atoms with Crippen LogP contribution >= 0.6 is 0 Å². The van der Waals surface area contributed by atoms with Crippen LogP contribution in [0.4, 0.5) is 11.7 Å². The monoisotopic (exact) mass is 436 g/mol. The van der Waals surface area contributed by atoms with Crippen molar-refractivity contribution in [1.82, 2.24) is 10.2 Å². The van der Waals surface area contributed by atoms with Gasteiger partial charge < -0.3 is 18.8 Å². The molecule has 32 heavy (non-hydrogen) atoms. The number of ether oxygens (including phenoxy) is 2. The summed E-state index contributed by atoms with van der Waals surface area (Å²) in [6.45, 7) is 2.92. The maximum absolute atomic E-state index is 12.5. The highest BCUT2D eigenvalue weighted by Gasteiger charge is 2.35. The van der Waals surface area contributed by atoms with Crippen molar-refractivity contribution in [2.24, 2.45) is 0 Å². The third-order valence-corrected chi connectivity index (χ3v) is 5.12. The van der Waals surface area contributed by atoms with E-state index in [0.717, 1.165) is 17.0 Å². The van der Waals surface area contributed by atoms with Crippen molar-refractivity contribution in [3.8, 4) is 11.5 Å². The number of nitrogens with zero attached hydrogens (tertiary/aromatic N) is 3. The minimum Gasteiger partial charge on any atom is -0.497 e. The summed E-state index contributed by atoms with van der Waals surface area (Å²) in [5.41, 5.74) is 1.58. The SMILES string of the molecule is CCOc1ccc(N2C[C@H](c3nnc(NC(=O)Cc4cccc(OC)c4)o3)CC2=O)cc1. The average molecular weight is 436 g/mol. The van der Waals surface area contributed by atoms with Gasteiger partial charge in [-0.2, -0.15) is 0 Å². The molecule has 166 valence electrons. The Morgan fingerprint density at radius 2 is 2.00 bits per heavy atom. The van der Waals surface area contributed by atoms with E-state index in [9.17, 15) is 9.59 Å². The van der Waals surface area contributed by atoms with E-state index >= 15 is 0 Å². The van der Waals surface area contributed by atoms with Crippen LogP contribution in [0.15, 0.2) is 52.9 Å². The van der Waals surface area contributed by atoms with Crippen molar-refractivity contribution in [3.63, 3.8) is 0 Å². The summed E-state index contributed by atoms with van der Waals surface area (Å²) >= 11 is 0. The van der Waals surface area contributed by atoms with Crippen LogP contribution in [0.25, 0.3) is 0 Å². The van der Waals surface area contributed by atoms with Crippen LogP contribution < -0.4 is 19.7 Å². The summed E-state index contributed by atoms with van der Waals surface area (Å²) in [5, 5.41) is 10.6. The van der Waals surface area contributed by atoms with E-state index in [1.807, 2.05) is 49.4 Å². The molecule has 0 unspecified atom stereocenters. The smallest absolute Gasteiger partial charge is 0.322 e. The van der Waals surface area contributed by atoms with Gasteiger partial charge in [0.25, 0.3) is 0 Å². The Labute approximate surface area is 185 Å². The molecule has 9 heteroatoms. The summed E-state index contributed by atoms with van der Waals surface area (Å²) in [6.07, 6.45) is 0.398. The summed E-state index contributed by atoms with van der Waals surface area (Å²) in [6, 6.07) is 14.6. The van der Waals surface area contributed by atoms with Crippen molar-refractivity contribution < 1.29 is 23.5 Å². The molecule has 1 aliphatic heterocycles. The van der Waals surface area contributed by atoms with Crippen molar-refractivity contribution in [1.29, 1.82) is 0 Å². The van der Waals surface area contributed by atoms with Crippen LogP contribution in [0.2, 0.25) is 0 Å². The molecule has 1 fully saturated rings. The molecule has 0 bridgehead atoms. The number of amides is 2. The van der Waals surface area contributed by atoms with Gasteiger partial charge in [0.2, 0.25) is 17.7 Å². The second kappa shape index (κ2) is 9.51. The average Bonchev–Trinajstić information content (AvgIpc) is 3.41. The first kappa shape index (κ1) is 21.4. The second-order valence-electron chi connectivity index (χ2n) is 7.35. The van der Waals surface area contributed by atoms with Gasteiger partial charge in [0, 0.05) is 18.7 Å². The van der Waals surface area contributed by atoms with Crippen molar-refractivity contribution in [2.45, 2.75) is 25.7 Å². The highest BCUT2D eigenvalue weighted by Crippen LogP contribution is 2.32. The van der Waals surface area contributed by atoms with Gasteiger partial charge >= 0.3 is 6.01 Å². The third kappa shape index (κ3) is 4.88. The molecule has 1 atom stereocenters. The fraction of sp³-hybridized carbons (Fsp3) is 0.304. The summed E-state index contributed by atoms with van der Waals surface area (Å²) in [7, 11) is 1.57. The minimum absolute atomic E-state index is 0.0138. The Morgan fingerprint density at radius 1 is 1.19 bits per heavy atom. The number of hydrogen-bond acceptors (Lipinski definition) is 7. The van der Waals surface area contributed by atoms with Crippen molar-refractivity contribution in [2.75, 3.05) is 30.5 Å². The van der Waals surface area contributed by atoms with Gasteiger partial charge in [-0.1, -0.05) is 17.2 Å². The number of benzene rings is 2. The molecule has 0 aliphatic carbocycles. The molecule has 2 aromatic carbocycles. The predicted molar refractivity (Wildman–Crippen MR) is 117 cm³/mol. The zero-order valence-corrected chi connectivity index (χ0v) is 17.9. The Hall–Kier alpha value is -3.88. The van der Waals surface area contributed by atoms with Crippen LogP contribution in [0.1, 0.15) is 30.7 Å². The first-order chi connectivity index (χ1) is 15.6. The van der Waals surface area contributed by atoms with Crippen LogP contribution in [-0.4, -0.2) is 42.3 Å². The molecule has 9 nitrogen and oxygen atoms in total. The number of anilines is 2. The molecule has 1 saturated heterocycles. The summed E-state index contributed by atoms with van der Waals surface area (Å²) in [4.78, 5) is 26.5. The van der Waals surface area contributed by atoms with Crippen LogP contribution in [0.3, 0.4) is 0 Å². The number of rotatable bonds is 8. The quantitative estimate of drug-likeness (QED) is 0.578. The van der Waals surface area contributed by atoms with Crippen molar-refractivity contribution in [3.05, 3.63) is 60.0 Å². The molecule has 2 amide bonds. The Kier molecular flexibility index (Phi) is 6.34. The van der Waals surface area contributed by atoms with Crippen LogP contribution in [0.5, 0.6) is 11.5 Å². The zero-order chi connectivity index (χ0) is 22.5. The Balaban J connectivity index is 1.37. The standard InChI is InChI=1S/C23H24N4O5/c1-3-31-18-9-7-17(8-10-18)27-14-16(13-21(27)29)22-25-26-23(32-22)24-20(28)12-15-5-4-6-19(11-15)30-2/h4-11,16H,3,12-14H2,1-2H3,(H,24,26,28)/t16-/m1/s1. The molecule has 0 saturated carbocycles. The first-order valence-corrected chi connectivity index (χ1v) is 10.3. The predicted octanol–water partition coefficient (Wildman–Crippen LogP) is 3.18. The van der Waals surface area contributed by atoms with Gasteiger partial charge in [-0.25, -0.2) is 0 Å². The molecule has 2 heterocycles. The molecular weight excluding hydrogens is 412 g/mol. The van der Waals surface area contributed by atoms with Gasteiger partial charge in [0.05, 0.1) is 26.1 Å². The minimum atomic E-state index is -0.285. The lowest BCUT2D eigenvalue weighted by molar-refractivity contribution is -0.117. The van der Waals surface area contributed by atoms with E-state index in [0.29, 0.717) is 24.8 Å². The highest BCUT2D eigenvalue weighted by atomic mass is 16.5. The van der Waals surface area contributed by atoms with E-state index in [-0.39, 0.29) is 36.6 Å². The highest BCUT2D eigenvalue weighted by molar-refractivity contribution is 5.96. The largest absolute Gasteiger partial charge is 0.497 e. The van der Waals surface area contributed by atoms with E-state index in [2.05, 4.69) is 15.5 Å². The van der Waals surface area contributed by atoms with Crippen LogP contribution in [0, 0.1) is 0 Å². The number of methoxy groups -OCH3 is 1. The molecule has 0 radical (unpaired) electrons. The maximum atomic E-state index is 12.5. The van der Waals surface area contributed by atoms with Gasteiger partial charge in [-0.3, -0.25) is 14.9 Å². The van der Waals surface area contributed by atoms with E-state index in [1.165, 1.54) is 0 Å². The Bertz CT molecular complexity index is 1100. The molecule has 1 aliphatic rings. The van der Waals surface area contributed by atoms with Crippen LogP contribution in [-0.2, 0) is 16.0 Å². The third-order valence-electron chi connectivity index (χ3n) is 5.12.